The summed E-state index contributed by atoms with van der Waals surface area (Å²) in [5.41, 5.74) is 9.20. The van der Waals surface area contributed by atoms with Crippen LogP contribution < -0.4 is 11.5 Å². The lowest BCUT2D eigenvalue weighted by Gasteiger charge is -2.30. The van der Waals surface area contributed by atoms with Gasteiger partial charge < -0.3 is 30.4 Å². The lowest BCUT2D eigenvalue weighted by Crippen LogP contribution is -2.40. The molecule has 4 N–H and O–H groups in total. The van der Waals surface area contributed by atoms with Crippen molar-refractivity contribution in [2.45, 2.75) is 13.3 Å². The van der Waals surface area contributed by atoms with Crippen molar-refractivity contribution in [3.63, 3.8) is 0 Å². The molecule has 0 aromatic carbocycles. The Morgan fingerprint density at radius 3 is 1.89 bits per heavy atom. The summed E-state index contributed by atoms with van der Waals surface area (Å²) in [7, 11) is 1.56. The lowest BCUT2D eigenvalue weighted by atomic mass is 9.88. The fourth-order valence-electron chi connectivity index (χ4n) is 1.31. The molecule has 0 radical (unpaired) electrons. The monoisotopic (exact) mass is 278 g/mol. The second-order valence-electron chi connectivity index (χ2n) is 4.11. The largest absolute Gasteiger partial charge is 0.449 e. The highest BCUT2D eigenvalue weighted by Gasteiger charge is 2.32. The number of rotatable bonds is 10. The summed E-state index contributed by atoms with van der Waals surface area (Å²) in [6, 6.07) is 0. The molecule has 0 aliphatic heterocycles. The highest BCUT2D eigenvalue weighted by Crippen LogP contribution is 2.24. The molecule has 19 heavy (non-hydrogen) atoms. The molecule has 0 rings (SSSR count). The second kappa shape index (κ2) is 9.40. The van der Waals surface area contributed by atoms with E-state index in [2.05, 4.69) is 0 Å². The standard InChI is InChI=1S/C11H22N2O6/c1-3-11(7-18-9(12)14,8-19-10(13)15)6-17-5-4-16-2/h3-8H2,1-2H3,(H2,12,14)(H2,13,15). The third kappa shape index (κ3) is 8.22. The summed E-state index contributed by atoms with van der Waals surface area (Å²) < 4.78 is 19.8. The molecule has 0 saturated carbocycles. The van der Waals surface area contributed by atoms with Crippen molar-refractivity contribution >= 4 is 12.2 Å². The van der Waals surface area contributed by atoms with Crippen molar-refractivity contribution in [1.82, 2.24) is 0 Å². The van der Waals surface area contributed by atoms with Crippen LogP contribution in [0.15, 0.2) is 0 Å². The van der Waals surface area contributed by atoms with Crippen molar-refractivity contribution in [1.29, 1.82) is 0 Å². The van der Waals surface area contributed by atoms with E-state index >= 15 is 0 Å². The van der Waals surface area contributed by atoms with Crippen molar-refractivity contribution in [3.8, 4) is 0 Å². The first-order chi connectivity index (χ1) is 8.95. The van der Waals surface area contributed by atoms with E-state index in [1.54, 1.807) is 7.11 Å². The Bertz CT molecular complexity index is 266. The molecular formula is C11H22N2O6. The minimum absolute atomic E-state index is 0.0148. The highest BCUT2D eigenvalue weighted by molar-refractivity contribution is 5.65. The van der Waals surface area contributed by atoms with Gasteiger partial charge in [0.05, 0.1) is 25.2 Å². The van der Waals surface area contributed by atoms with E-state index in [1.807, 2.05) is 6.92 Å². The molecule has 0 aliphatic rings. The quantitative estimate of drug-likeness (QED) is 0.551. The molecule has 0 unspecified atom stereocenters. The average molecular weight is 278 g/mol. The number of ether oxygens (including phenoxy) is 4. The summed E-state index contributed by atoms with van der Waals surface area (Å²) in [6.45, 7) is 2.87. The Balaban J connectivity index is 4.44. The van der Waals surface area contributed by atoms with E-state index in [9.17, 15) is 9.59 Å². The molecule has 0 bridgehead atoms. The normalized spacial score (nSPS) is 11.1. The molecule has 0 fully saturated rings. The van der Waals surface area contributed by atoms with Gasteiger partial charge in [-0.05, 0) is 6.42 Å². The SMILES string of the molecule is CCC(COCCOC)(COC(N)=O)COC(N)=O. The first-order valence-corrected chi connectivity index (χ1v) is 5.87. The minimum Gasteiger partial charge on any atom is -0.449 e. The van der Waals surface area contributed by atoms with Crippen LogP contribution in [-0.2, 0) is 18.9 Å². The van der Waals surface area contributed by atoms with Gasteiger partial charge in [0, 0.05) is 7.11 Å². The molecular weight excluding hydrogens is 256 g/mol. The summed E-state index contributed by atoms with van der Waals surface area (Å²) in [4.78, 5) is 21.4. The molecule has 0 spiro atoms. The zero-order valence-electron chi connectivity index (χ0n) is 11.3. The van der Waals surface area contributed by atoms with E-state index in [-0.39, 0.29) is 19.8 Å². The van der Waals surface area contributed by atoms with Crippen LogP contribution in [0.3, 0.4) is 0 Å². The number of nitrogens with two attached hydrogens (primary N) is 2. The van der Waals surface area contributed by atoms with Gasteiger partial charge in [0.1, 0.15) is 13.2 Å². The van der Waals surface area contributed by atoms with Gasteiger partial charge in [0.15, 0.2) is 0 Å². The molecule has 2 amide bonds. The predicted molar refractivity (Wildman–Crippen MR) is 66.5 cm³/mol. The van der Waals surface area contributed by atoms with E-state index in [4.69, 9.17) is 30.4 Å². The lowest BCUT2D eigenvalue weighted by molar-refractivity contribution is -0.0448. The molecule has 112 valence electrons. The Morgan fingerprint density at radius 2 is 1.53 bits per heavy atom. The van der Waals surface area contributed by atoms with Gasteiger partial charge in [0.2, 0.25) is 0 Å². The highest BCUT2D eigenvalue weighted by atomic mass is 16.6. The number of hydrogen-bond acceptors (Lipinski definition) is 6. The smallest absolute Gasteiger partial charge is 0.404 e. The molecule has 0 aromatic rings. The van der Waals surface area contributed by atoms with E-state index in [0.29, 0.717) is 19.6 Å². The minimum atomic E-state index is -0.895. The Labute approximate surface area is 112 Å². The third-order valence-corrected chi connectivity index (χ3v) is 2.63. The van der Waals surface area contributed by atoms with E-state index in [0.717, 1.165) is 0 Å². The summed E-state index contributed by atoms with van der Waals surface area (Å²) >= 11 is 0. The summed E-state index contributed by atoms with van der Waals surface area (Å²) in [6.07, 6.45) is -1.23. The fraction of sp³-hybridized carbons (Fsp3) is 0.818. The number of methoxy groups -OCH3 is 1. The van der Waals surface area contributed by atoms with Crippen LogP contribution in [-0.4, -0.2) is 52.3 Å². The van der Waals surface area contributed by atoms with Crippen LogP contribution in [0.25, 0.3) is 0 Å². The third-order valence-electron chi connectivity index (χ3n) is 2.63. The van der Waals surface area contributed by atoms with Gasteiger partial charge in [-0.2, -0.15) is 0 Å². The molecule has 0 atom stereocenters. The van der Waals surface area contributed by atoms with Crippen LogP contribution in [0.1, 0.15) is 13.3 Å². The number of primary amides is 2. The van der Waals surface area contributed by atoms with Gasteiger partial charge in [-0.1, -0.05) is 6.92 Å². The molecule has 8 heteroatoms. The fourth-order valence-corrected chi connectivity index (χ4v) is 1.31. The summed E-state index contributed by atoms with van der Waals surface area (Å²) in [5.74, 6) is 0. The summed E-state index contributed by atoms with van der Waals surface area (Å²) in [5, 5.41) is 0. The van der Waals surface area contributed by atoms with E-state index < -0.39 is 17.6 Å². The molecule has 0 heterocycles. The van der Waals surface area contributed by atoms with Crippen LogP contribution in [0.2, 0.25) is 0 Å². The van der Waals surface area contributed by atoms with Crippen LogP contribution in [0.5, 0.6) is 0 Å². The Kier molecular flexibility index (Phi) is 8.64. The van der Waals surface area contributed by atoms with Gasteiger partial charge in [-0.25, -0.2) is 9.59 Å². The number of carbonyl (C=O) groups is 2. The van der Waals surface area contributed by atoms with Crippen LogP contribution in [0.4, 0.5) is 9.59 Å². The van der Waals surface area contributed by atoms with Crippen molar-refractivity contribution in [3.05, 3.63) is 0 Å². The first kappa shape index (κ1) is 17.5. The van der Waals surface area contributed by atoms with Crippen LogP contribution >= 0.6 is 0 Å². The maximum absolute atomic E-state index is 10.7. The Hall–Kier alpha value is -1.54. The van der Waals surface area contributed by atoms with Crippen LogP contribution in [0, 0.1) is 5.41 Å². The first-order valence-electron chi connectivity index (χ1n) is 5.87. The molecule has 0 saturated heterocycles. The van der Waals surface area contributed by atoms with Gasteiger partial charge >= 0.3 is 12.2 Å². The zero-order valence-corrected chi connectivity index (χ0v) is 11.3. The molecule has 0 aromatic heterocycles. The predicted octanol–water partition coefficient (Wildman–Crippen LogP) is 0.236. The van der Waals surface area contributed by atoms with Crippen molar-refractivity contribution in [2.24, 2.45) is 16.9 Å². The Morgan fingerprint density at radius 1 is 1.00 bits per heavy atom. The maximum Gasteiger partial charge on any atom is 0.404 e. The maximum atomic E-state index is 10.7. The van der Waals surface area contributed by atoms with E-state index in [1.165, 1.54) is 0 Å². The van der Waals surface area contributed by atoms with Crippen molar-refractivity contribution < 1.29 is 28.5 Å². The van der Waals surface area contributed by atoms with Gasteiger partial charge in [-0.3, -0.25) is 0 Å². The zero-order chi connectivity index (χ0) is 14.7. The second-order valence-corrected chi connectivity index (χ2v) is 4.11. The average Bonchev–Trinajstić information content (AvgIpc) is 2.37. The van der Waals surface area contributed by atoms with Gasteiger partial charge in [-0.15, -0.1) is 0 Å². The molecule has 0 aliphatic carbocycles. The number of carbonyl (C=O) groups excluding carboxylic acids is 2. The van der Waals surface area contributed by atoms with Gasteiger partial charge in [0.25, 0.3) is 0 Å². The van der Waals surface area contributed by atoms with Crippen molar-refractivity contribution in [2.75, 3.05) is 40.1 Å². The topological polar surface area (TPSA) is 123 Å². The number of amides is 2. The number of hydrogen-bond donors (Lipinski definition) is 2. The molecule has 8 nitrogen and oxygen atoms in total.